The lowest BCUT2D eigenvalue weighted by molar-refractivity contribution is 0.522. The Morgan fingerprint density at radius 3 is 3.00 bits per heavy atom. The van der Waals surface area contributed by atoms with Crippen molar-refractivity contribution >= 4 is 5.78 Å². The quantitative estimate of drug-likeness (QED) is 0.715. The topological polar surface area (TPSA) is 48.0 Å². The van der Waals surface area contributed by atoms with Gasteiger partial charge in [0, 0.05) is 44.2 Å². The number of hydrogen-bond acceptors (Lipinski definition) is 3. The van der Waals surface area contributed by atoms with Gasteiger partial charge in [-0.15, -0.1) is 0 Å². The molecule has 4 heterocycles. The Hall–Kier alpha value is -2.17. The van der Waals surface area contributed by atoms with Crippen molar-refractivity contribution in [2.24, 2.45) is 0 Å². The predicted octanol–water partition coefficient (Wildman–Crippen LogP) is 2.16. The van der Waals surface area contributed by atoms with Crippen molar-refractivity contribution in [3.63, 3.8) is 0 Å². The number of aryl methyl sites for hydroxylation is 3. The number of imidazole rings is 2. The lowest BCUT2D eigenvalue weighted by Gasteiger charge is -2.11. The summed E-state index contributed by atoms with van der Waals surface area (Å²) in [6.45, 7) is 3.10. The zero-order valence-corrected chi connectivity index (χ0v) is 11.6. The van der Waals surface area contributed by atoms with Gasteiger partial charge in [0.2, 0.25) is 5.78 Å². The SMILES string of the molecule is Cc1cn2cc(Cc3cn4c(n3)CCCC4)cnc2n1. The van der Waals surface area contributed by atoms with Crippen LogP contribution in [0, 0.1) is 6.92 Å². The smallest absolute Gasteiger partial charge is 0.233 e. The van der Waals surface area contributed by atoms with Gasteiger partial charge in [0.15, 0.2) is 0 Å². The number of rotatable bonds is 2. The fraction of sp³-hybridized carbons (Fsp3) is 0.400. The summed E-state index contributed by atoms with van der Waals surface area (Å²) >= 11 is 0. The molecule has 0 amide bonds. The number of hydrogen-bond donors (Lipinski definition) is 0. The average Bonchev–Trinajstić information content (AvgIpc) is 2.99. The summed E-state index contributed by atoms with van der Waals surface area (Å²) < 4.78 is 4.28. The molecule has 0 fully saturated rings. The zero-order valence-electron chi connectivity index (χ0n) is 11.6. The molecule has 1 aliphatic heterocycles. The van der Waals surface area contributed by atoms with E-state index in [1.165, 1.54) is 24.2 Å². The van der Waals surface area contributed by atoms with Crippen molar-refractivity contribution in [2.45, 2.75) is 39.2 Å². The van der Waals surface area contributed by atoms with E-state index in [1.54, 1.807) is 0 Å². The van der Waals surface area contributed by atoms with E-state index in [-0.39, 0.29) is 0 Å². The largest absolute Gasteiger partial charge is 0.335 e. The van der Waals surface area contributed by atoms with Crippen molar-refractivity contribution in [3.05, 3.63) is 47.6 Å². The maximum absolute atomic E-state index is 4.74. The Morgan fingerprint density at radius 1 is 1.15 bits per heavy atom. The number of aromatic nitrogens is 5. The van der Waals surface area contributed by atoms with Gasteiger partial charge in [-0.2, -0.15) is 0 Å². The molecule has 0 spiro atoms. The molecule has 5 heteroatoms. The van der Waals surface area contributed by atoms with Crippen molar-refractivity contribution in [3.8, 4) is 0 Å². The summed E-state index contributed by atoms with van der Waals surface area (Å²) in [5.74, 6) is 1.99. The third kappa shape index (κ3) is 1.99. The van der Waals surface area contributed by atoms with Gasteiger partial charge in [-0.05, 0) is 25.3 Å². The summed E-state index contributed by atoms with van der Waals surface area (Å²) in [6.07, 6.45) is 12.7. The first-order valence-electron chi connectivity index (χ1n) is 7.13. The Labute approximate surface area is 117 Å². The van der Waals surface area contributed by atoms with Crippen molar-refractivity contribution in [1.29, 1.82) is 0 Å². The second-order valence-corrected chi connectivity index (χ2v) is 5.53. The molecular weight excluding hydrogens is 250 g/mol. The van der Waals surface area contributed by atoms with Gasteiger partial charge in [0.05, 0.1) is 11.4 Å². The molecule has 0 bridgehead atoms. The summed E-state index contributed by atoms with van der Waals surface area (Å²) in [5, 5.41) is 0. The normalized spacial score (nSPS) is 14.7. The highest BCUT2D eigenvalue weighted by atomic mass is 15.1. The molecule has 3 aromatic heterocycles. The Kier molecular flexibility index (Phi) is 2.58. The highest BCUT2D eigenvalue weighted by molar-refractivity contribution is 5.32. The van der Waals surface area contributed by atoms with Crippen molar-refractivity contribution in [2.75, 3.05) is 0 Å². The third-order valence-electron chi connectivity index (χ3n) is 3.83. The van der Waals surface area contributed by atoms with Gasteiger partial charge in [-0.25, -0.2) is 15.0 Å². The van der Waals surface area contributed by atoms with E-state index in [9.17, 15) is 0 Å². The minimum absolute atomic E-state index is 0.760. The summed E-state index contributed by atoms with van der Waals surface area (Å²) in [7, 11) is 0. The number of nitrogens with zero attached hydrogens (tertiary/aromatic N) is 5. The first-order chi connectivity index (χ1) is 9.78. The lowest BCUT2D eigenvalue weighted by Crippen LogP contribution is -2.08. The van der Waals surface area contributed by atoms with Crippen LogP contribution in [0.15, 0.2) is 24.8 Å². The van der Waals surface area contributed by atoms with Crippen LogP contribution in [0.5, 0.6) is 0 Å². The summed E-state index contributed by atoms with van der Waals surface area (Å²) in [5.41, 5.74) is 3.30. The van der Waals surface area contributed by atoms with Crippen LogP contribution in [0.25, 0.3) is 5.78 Å². The van der Waals surface area contributed by atoms with E-state index in [0.717, 1.165) is 36.6 Å². The molecule has 0 radical (unpaired) electrons. The minimum Gasteiger partial charge on any atom is -0.335 e. The highest BCUT2D eigenvalue weighted by Crippen LogP contribution is 2.16. The molecule has 0 N–H and O–H groups in total. The fourth-order valence-corrected chi connectivity index (χ4v) is 2.90. The highest BCUT2D eigenvalue weighted by Gasteiger charge is 2.12. The van der Waals surface area contributed by atoms with Crippen molar-refractivity contribution in [1.82, 2.24) is 23.9 Å². The zero-order chi connectivity index (χ0) is 13.5. The monoisotopic (exact) mass is 267 g/mol. The van der Waals surface area contributed by atoms with Gasteiger partial charge in [0.25, 0.3) is 0 Å². The van der Waals surface area contributed by atoms with Gasteiger partial charge in [-0.3, -0.25) is 4.40 Å². The standard InChI is InChI=1S/C15H17N5/c1-11-8-20-9-12(7-16-15(20)17-11)6-13-10-19-5-3-2-4-14(19)18-13/h7-10H,2-6H2,1H3. The van der Waals surface area contributed by atoms with E-state index in [1.807, 2.05) is 23.7 Å². The molecule has 102 valence electrons. The second kappa shape index (κ2) is 4.44. The van der Waals surface area contributed by atoms with Gasteiger partial charge in [0.1, 0.15) is 5.82 Å². The molecule has 0 aliphatic carbocycles. The Bertz CT molecular complexity index is 744. The molecule has 1 aliphatic rings. The van der Waals surface area contributed by atoms with E-state index in [4.69, 9.17) is 4.98 Å². The molecule has 5 nitrogen and oxygen atoms in total. The lowest BCUT2D eigenvalue weighted by atomic mass is 10.2. The molecule has 0 atom stereocenters. The van der Waals surface area contributed by atoms with Gasteiger partial charge < -0.3 is 4.57 Å². The molecule has 3 aromatic rings. The van der Waals surface area contributed by atoms with Gasteiger partial charge >= 0.3 is 0 Å². The van der Waals surface area contributed by atoms with Crippen LogP contribution in [0.1, 0.15) is 35.6 Å². The van der Waals surface area contributed by atoms with Crippen LogP contribution in [-0.2, 0) is 19.4 Å². The van der Waals surface area contributed by atoms with Crippen LogP contribution < -0.4 is 0 Å². The van der Waals surface area contributed by atoms with Crippen LogP contribution >= 0.6 is 0 Å². The third-order valence-corrected chi connectivity index (χ3v) is 3.83. The molecule has 0 unspecified atom stereocenters. The molecular formula is C15H17N5. The van der Waals surface area contributed by atoms with Crippen LogP contribution in [0.2, 0.25) is 0 Å². The maximum Gasteiger partial charge on any atom is 0.233 e. The minimum atomic E-state index is 0.760. The first-order valence-corrected chi connectivity index (χ1v) is 7.13. The molecule has 4 rings (SSSR count). The molecule has 20 heavy (non-hydrogen) atoms. The maximum atomic E-state index is 4.74. The first kappa shape index (κ1) is 11.6. The Morgan fingerprint density at radius 2 is 2.10 bits per heavy atom. The van der Waals surface area contributed by atoms with E-state index in [0.29, 0.717) is 0 Å². The van der Waals surface area contributed by atoms with E-state index >= 15 is 0 Å². The molecule has 0 aromatic carbocycles. The van der Waals surface area contributed by atoms with Crippen molar-refractivity contribution < 1.29 is 0 Å². The fourth-order valence-electron chi connectivity index (χ4n) is 2.90. The molecule has 0 saturated carbocycles. The molecule has 0 saturated heterocycles. The Balaban J connectivity index is 1.64. The van der Waals surface area contributed by atoms with Gasteiger partial charge in [-0.1, -0.05) is 0 Å². The van der Waals surface area contributed by atoms with E-state index in [2.05, 4.69) is 26.9 Å². The predicted molar refractivity (Wildman–Crippen MR) is 75.7 cm³/mol. The van der Waals surface area contributed by atoms with Crippen LogP contribution in [0.4, 0.5) is 0 Å². The number of fused-ring (bicyclic) bond motifs is 2. The summed E-state index contributed by atoms with van der Waals surface area (Å²) in [6, 6.07) is 0. The average molecular weight is 267 g/mol. The van der Waals surface area contributed by atoms with Crippen LogP contribution in [-0.4, -0.2) is 23.9 Å². The summed E-state index contributed by atoms with van der Waals surface area (Å²) in [4.78, 5) is 13.5. The van der Waals surface area contributed by atoms with E-state index < -0.39 is 0 Å². The second-order valence-electron chi connectivity index (χ2n) is 5.53. The van der Waals surface area contributed by atoms with Crippen LogP contribution in [0.3, 0.4) is 0 Å².